The standard InChI is InChI=1S/C20H23FN4O2/c1-14-3-6-19(22-12-14)23-7-9-24(10-8-23)20(26)25-13-15(2)27-18-11-16(21)4-5-17(18)25/h3-6,11-12,15H,7-10,13H2,1-2H3. The van der Waals surface area contributed by atoms with Crippen LogP contribution in [-0.4, -0.2) is 54.7 Å². The van der Waals surface area contributed by atoms with Crippen molar-refractivity contribution in [3.8, 4) is 5.75 Å². The molecule has 2 amide bonds. The number of rotatable bonds is 1. The Morgan fingerprint density at radius 1 is 1.19 bits per heavy atom. The van der Waals surface area contributed by atoms with Crippen LogP contribution in [0.4, 0.5) is 20.7 Å². The van der Waals surface area contributed by atoms with Crippen molar-refractivity contribution in [2.75, 3.05) is 42.5 Å². The zero-order valence-corrected chi connectivity index (χ0v) is 15.6. The Hall–Kier alpha value is -2.83. The highest BCUT2D eigenvalue weighted by molar-refractivity contribution is 5.94. The molecule has 0 radical (unpaired) electrons. The molecule has 2 aliphatic rings. The molecule has 2 aliphatic heterocycles. The molecule has 1 fully saturated rings. The van der Waals surface area contributed by atoms with Crippen LogP contribution in [0.3, 0.4) is 0 Å². The van der Waals surface area contributed by atoms with Crippen LogP contribution >= 0.6 is 0 Å². The second-order valence-corrected chi connectivity index (χ2v) is 7.10. The van der Waals surface area contributed by atoms with Gasteiger partial charge in [0.05, 0.1) is 12.2 Å². The minimum atomic E-state index is -0.366. The molecule has 1 aromatic carbocycles. The van der Waals surface area contributed by atoms with Crippen LogP contribution in [0.1, 0.15) is 12.5 Å². The van der Waals surface area contributed by atoms with Crippen molar-refractivity contribution in [3.63, 3.8) is 0 Å². The summed E-state index contributed by atoms with van der Waals surface area (Å²) in [5.41, 5.74) is 1.76. The number of pyridine rings is 1. The minimum Gasteiger partial charge on any atom is -0.487 e. The van der Waals surface area contributed by atoms with E-state index in [-0.39, 0.29) is 18.0 Å². The second-order valence-electron chi connectivity index (χ2n) is 7.10. The molecule has 27 heavy (non-hydrogen) atoms. The van der Waals surface area contributed by atoms with Crippen LogP contribution in [0.5, 0.6) is 5.75 Å². The predicted molar refractivity (Wildman–Crippen MR) is 102 cm³/mol. The fourth-order valence-electron chi connectivity index (χ4n) is 3.54. The third kappa shape index (κ3) is 3.54. The van der Waals surface area contributed by atoms with Crippen molar-refractivity contribution >= 4 is 17.5 Å². The monoisotopic (exact) mass is 370 g/mol. The number of hydrogen-bond acceptors (Lipinski definition) is 4. The smallest absolute Gasteiger partial charge is 0.324 e. The second kappa shape index (κ2) is 7.06. The highest BCUT2D eigenvalue weighted by Crippen LogP contribution is 2.34. The number of carbonyl (C=O) groups excluding carboxylic acids is 1. The molecular weight excluding hydrogens is 347 g/mol. The highest BCUT2D eigenvalue weighted by Gasteiger charge is 2.32. The van der Waals surface area contributed by atoms with Gasteiger partial charge in [-0.3, -0.25) is 4.90 Å². The van der Waals surface area contributed by atoms with Crippen molar-refractivity contribution in [3.05, 3.63) is 47.9 Å². The summed E-state index contributed by atoms with van der Waals surface area (Å²) in [6, 6.07) is 8.31. The number of anilines is 2. The number of hydrogen-bond donors (Lipinski definition) is 0. The van der Waals surface area contributed by atoms with Gasteiger partial charge >= 0.3 is 6.03 Å². The molecule has 1 aromatic heterocycles. The van der Waals surface area contributed by atoms with Crippen molar-refractivity contribution in [1.82, 2.24) is 9.88 Å². The summed E-state index contributed by atoms with van der Waals surface area (Å²) in [5.74, 6) is 0.993. The van der Waals surface area contributed by atoms with E-state index in [1.54, 1.807) is 11.0 Å². The van der Waals surface area contributed by atoms with Crippen molar-refractivity contribution in [2.45, 2.75) is 20.0 Å². The number of aryl methyl sites for hydroxylation is 1. The van der Waals surface area contributed by atoms with Crippen LogP contribution in [0.25, 0.3) is 0 Å². The first-order valence-corrected chi connectivity index (χ1v) is 9.21. The Labute approximate surface area is 158 Å². The molecule has 0 bridgehead atoms. The first kappa shape index (κ1) is 17.6. The average Bonchev–Trinajstić information content (AvgIpc) is 2.67. The lowest BCUT2D eigenvalue weighted by Gasteiger charge is -2.40. The van der Waals surface area contributed by atoms with Crippen molar-refractivity contribution < 1.29 is 13.9 Å². The Kier molecular flexibility index (Phi) is 4.59. The average molecular weight is 370 g/mol. The third-order valence-corrected chi connectivity index (χ3v) is 4.98. The van der Waals surface area contributed by atoms with Gasteiger partial charge < -0.3 is 14.5 Å². The van der Waals surface area contributed by atoms with E-state index in [0.717, 1.165) is 24.5 Å². The van der Waals surface area contributed by atoms with E-state index in [1.807, 2.05) is 37.1 Å². The maximum Gasteiger partial charge on any atom is 0.324 e. The zero-order valence-electron chi connectivity index (χ0n) is 15.6. The summed E-state index contributed by atoms with van der Waals surface area (Å²) in [5, 5.41) is 0. The summed E-state index contributed by atoms with van der Waals surface area (Å²) in [6.45, 7) is 7.07. The number of benzene rings is 1. The summed E-state index contributed by atoms with van der Waals surface area (Å²) in [4.78, 5) is 23.3. The van der Waals surface area contributed by atoms with E-state index in [0.29, 0.717) is 31.1 Å². The fraction of sp³-hybridized carbons (Fsp3) is 0.400. The van der Waals surface area contributed by atoms with Gasteiger partial charge in [-0.1, -0.05) is 6.07 Å². The number of ether oxygens (including phenoxy) is 1. The van der Waals surface area contributed by atoms with Crippen LogP contribution in [0.15, 0.2) is 36.5 Å². The number of nitrogens with zero attached hydrogens (tertiary/aromatic N) is 4. The molecule has 142 valence electrons. The van der Waals surface area contributed by atoms with E-state index < -0.39 is 0 Å². The Balaban J connectivity index is 1.46. The molecule has 6 nitrogen and oxygen atoms in total. The van der Waals surface area contributed by atoms with Gasteiger partial charge in [0, 0.05) is 38.4 Å². The lowest BCUT2D eigenvalue weighted by atomic mass is 10.2. The first-order valence-electron chi connectivity index (χ1n) is 9.21. The van der Waals surface area contributed by atoms with Crippen LogP contribution < -0.4 is 14.5 Å². The molecule has 1 saturated heterocycles. The Morgan fingerprint density at radius 3 is 2.67 bits per heavy atom. The molecule has 0 saturated carbocycles. The molecule has 0 aliphatic carbocycles. The third-order valence-electron chi connectivity index (χ3n) is 4.98. The maximum atomic E-state index is 13.5. The Morgan fingerprint density at radius 2 is 1.96 bits per heavy atom. The normalized spacial score (nSPS) is 19.5. The summed E-state index contributed by atoms with van der Waals surface area (Å²) >= 11 is 0. The Bertz CT molecular complexity index is 834. The van der Waals surface area contributed by atoms with Gasteiger partial charge in [-0.2, -0.15) is 0 Å². The van der Waals surface area contributed by atoms with Gasteiger partial charge in [0.25, 0.3) is 0 Å². The zero-order chi connectivity index (χ0) is 19.0. The lowest BCUT2D eigenvalue weighted by Crippen LogP contribution is -2.55. The number of halogens is 1. The molecular formula is C20H23FN4O2. The fourth-order valence-corrected chi connectivity index (χ4v) is 3.54. The van der Waals surface area contributed by atoms with E-state index in [2.05, 4.69) is 9.88 Å². The quantitative estimate of drug-likeness (QED) is 0.774. The first-order chi connectivity index (χ1) is 13.0. The molecule has 1 unspecified atom stereocenters. The topological polar surface area (TPSA) is 48.9 Å². The molecule has 4 rings (SSSR count). The van der Waals surface area contributed by atoms with Gasteiger partial charge in [-0.05, 0) is 37.6 Å². The van der Waals surface area contributed by atoms with Gasteiger partial charge in [0.2, 0.25) is 0 Å². The number of fused-ring (bicyclic) bond motifs is 1. The molecule has 0 N–H and O–H groups in total. The van der Waals surface area contributed by atoms with E-state index in [9.17, 15) is 9.18 Å². The summed E-state index contributed by atoms with van der Waals surface area (Å²) in [6.07, 6.45) is 1.68. The minimum absolute atomic E-state index is 0.0606. The maximum absolute atomic E-state index is 13.5. The highest BCUT2D eigenvalue weighted by atomic mass is 19.1. The summed E-state index contributed by atoms with van der Waals surface area (Å²) in [7, 11) is 0. The largest absolute Gasteiger partial charge is 0.487 e. The predicted octanol–water partition coefficient (Wildman–Crippen LogP) is 3.06. The summed E-state index contributed by atoms with van der Waals surface area (Å²) < 4.78 is 19.2. The van der Waals surface area contributed by atoms with Crippen LogP contribution in [0, 0.1) is 12.7 Å². The number of urea groups is 1. The van der Waals surface area contributed by atoms with E-state index in [1.165, 1.54) is 12.1 Å². The van der Waals surface area contributed by atoms with Crippen molar-refractivity contribution in [1.29, 1.82) is 0 Å². The van der Waals surface area contributed by atoms with E-state index >= 15 is 0 Å². The van der Waals surface area contributed by atoms with E-state index in [4.69, 9.17) is 4.74 Å². The van der Waals surface area contributed by atoms with Gasteiger partial charge in [0.1, 0.15) is 23.5 Å². The number of carbonyl (C=O) groups is 1. The lowest BCUT2D eigenvalue weighted by molar-refractivity contribution is 0.181. The molecule has 7 heteroatoms. The van der Waals surface area contributed by atoms with Crippen LogP contribution in [-0.2, 0) is 0 Å². The molecule has 0 spiro atoms. The SMILES string of the molecule is Cc1ccc(N2CCN(C(=O)N3CC(C)Oc4cc(F)ccc43)CC2)nc1. The van der Waals surface area contributed by atoms with Crippen LogP contribution in [0.2, 0.25) is 0 Å². The molecule has 3 heterocycles. The van der Waals surface area contributed by atoms with Crippen molar-refractivity contribution in [2.24, 2.45) is 0 Å². The number of aromatic nitrogens is 1. The van der Waals surface area contributed by atoms with Gasteiger partial charge in [-0.25, -0.2) is 14.2 Å². The number of piperazine rings is 1. The van der Waals surface area contributed by atoms with Gasteiger partial charge in [-0.15, -0.1) is 0 Å². The van der Waals surface area contributed by atoms with Gasteiger partial charge in [0.15, 0.2) is 0 Å². The molecule has 1 atom stereocenters. The number of amides is 2. The molecule has 2 aromatic rings.